The maximum atomic E-state index is 12.8. The number of rotatable bonds is 8. The van der Waals surface area contributed by atoms with Crippen molar-refractivity contribution in [1.29, 1.82) is 0 Å². The molecule has 5 heteroatoms. The van der Waals surface area contributed by atoms with E-state index in [1.165, 1.54) is 0 Å². The van der Waals surface area contributed by atoms with E-state index in [0.717, 1.165) is 50.6 Å². The number of nitrogens with one attached hydrogen (secondary N) is 1. The molecule has 2 aromatic rings. The number of carbonyl (C=O) groups is 1. The molecular formula is C22H28N2O3. The first-order chi connectivity index (χ1) is 13.3. The van der Waals surface area contributed by atoms with Gasteiger partial charge in [-0.25, -0.2) is 0 Å². The maximum absolute atomic E-state index is 12.8. The highest BCUT2D eigenvalue weighted by Gasteiger charge is 2.20. The van der Waals surface area contributed by atoms with E-state index in [1.54, 1.807) is 0 Å². The Kier molecular flexibility index (Phi) is 7.25. The van der Waals surface area contributed by atoms with Gasteiger partial charge in [-0.15, -0.1) is 0 Å². The lowest BCUT2D eigenvalue weighted by atomic mass is 10.1. The van der Waals surface area contributed by atoms with Crippen LogP contribution in [0.15, 0.2) is 54.6 Å². The van der Waals surface area contributed by atoms with Gasteiger partial charge in [-0.2, -0.15) is 0 Å². The summed E-state index contributed by atoms with van der Waals surface area (Å²) in [5.74, 6) is 0.723. The second kappa shape index (κ2) is 10.1. The Hall–Kier alpha value is -2.37. The van der Waals surface area contributed by atoms with E-state index < -0.39 is 0 Å². The largest absolute Gasteiger partial charge is 0.494 e. The first-order valence-electron chi connectivity index (χ1n) is 9.65. The monoisotopic (exact) mass is 368 g/mol. The van der Waals surface area contributed by atoms with Gasteiger partial charge in [0.15, 0.2) is 0 Å². The molecule has 3 rings (SSSR count). The summed E-state index contributed by atoms with van der Waals surface area (Å²) in [5, 5.41) is 3.20. The van der Waals surface area contributed by atoms with Crippen molar-refractivity contribution in [3.63, 3.8) is 0 Å². The summed E-state index contributed by atoms with van der Waals surface area (Å²) in [4.78, 5) is 15.1. The molecule has 5 nitrogen and oxygen atoms in total. The van der Waals surface area contributed by atoms with Crippen LogP contribution in [0.4, 0.5) is 0 Å². The standard InChI is InChI=1S/C22H28N2O3/c1-2-14-27-20-10-8-19(9-11-20)22(25)23-21(18-6-4-3-5-7-18)17-24-12-15-26-16-13-24/h3-11,21H,2,12-17H2,1H3,(H,23,25). The lowest BCUT2D eigenvalue weighted by Crippen LogP contribution is -2.43. The fourth-order valence-electron chi connectivity index (χ4n) is 3.13. The van der Waals surface area contributed by atoms with Gasteiger partial charge < -0.3 is 14.8 Å². The molecule has 0 aromatic heterocycles. The molecule has 0 saturated carbocycles. The van der Waals surface area contributed by atoms with E-state index in [2.05, 4.69) is 29.3 Å². The van der Waals surface area contributed by atoms with Crippen LogP contribution in [0.1, 0.15) is 35.3 Å². The van der Waals surface area contributed by atoms with Crippen LogP contribution in [0.2, 0.25) is 0 Å². The van der Waals surface area contributed by atoms with Crippen molar-refractivity contribution in [3.8, 4) is 5.75 Å². The van der Waals surface area contributed by atoms with Crippen molar-refractivity contribution in [2.75, 3.05) is 39.5 Å². The van der Waals surface area contributed by atoms with Crippen molar-refractivity contribution >= 4 is 5.91 Å². The van der Waals surface area contributed by atoms with E-state index in [4.69, 9.17) is 9.47 Å². The van der Waals surface area contributed by atoms with Gasteiger partial charge in [-0.3, -0.25) is 9.69 Å². The van der Waals surface area contributed by atoms with Crippen LogP contribution in [0.5, 0.6) is 5.75 Å². The predicted octanol–water partition coefficient (Wildman–Crippen LogP) is 3.28. The molecule has 144 valence electrons. The second-order valence-corrected chi connectivity index (χ2v) is 6.72. The molecule has 1 fully saturated rings. The van der Waals surface area contributed by atoms with Gasteiger partial charge in [-0.05, 0) is 36.2 Å². The number of benzene rings is 2. The number of ether oxygens (including phenoxy) is 2. The van der Waals surface area contributed by atoms with E-state index in [9.17, 15) is 4.79 Å². The van der Waals surface area contributed by atoms with Crippen molar-refractivity contribution in [2.24, 2.45) is 0 Å². The number of hydrogen-bond acceptors (Lipinski definition) is 4. The molecular weight excluding hydrogens is 340 g/mol. The minimum Gasteiger partial charge on any atom is -0.494 e. The molecule has 0 bridgehead atoms. The average Bonchev–Trinajstić information content (AvgIpc) is 2.73. The SMILES string of the molecule is CCCOc1ccc(C(=O)NC(CN2CCOCC2)c2ccccc2)cc1. The maximum Gasteiger partial charge on any atom is 0.251 e. The number of morpholine rings is 1. The molecule has 1 saturated heterocycles. The van der Waals surface area contributed by atoms with E-state index in [-0.39, 0.29) is 11.9 Å². The highest BCUT2D eigenvalue weighted by Crippen LogP contribution is 2.17. The zero-order valence-corrected chi connectivity index (χ0v) is 15.9. The molecule has 1 atom stereocenters. The molecule has 1 unspecified atom stereocenters. The zero-order valence-electron chi connectivity index (χ0n) is 15.9. The quantitative estimate of drug-likeness (QED) is 0.777. The minimum absolute atomic E-state index is 0.0622. The summed E-state index contributed by atoms with van der Waals surface area (Å²) in [6.45, 7) is 6.80. The van der Waals surface area contributed by atoms with Gasteiger partial charge in [0.1, 0.15) is 5.75 Å². The van der Waals surface area contributed by atoms with Gasteiger partial charge in [0.2, 0.25) is 0 Å². The van der Waals surface area contributed by atoms with Gasteiger partial charge in [0, 0.05) is 25.2 Å². The summed E-state index contributed by atoms with van der Waals surface area (Å²) in [6, 6.07) is 17.4. The molecule has 27 heavy (non-hydrogen) atoms. The Balaban J connectivity index is 1.67. The highest BCUT2D eigenvalue weighted by molar-refractivity contribution is 5.94. The summed E-state index contributed by atoms with van der Waals surface area (Å²) >= 11 is 0. The third kappa shape index (κ3) is 5.81. The van der Waals surface area contributed by atoms with Gasteiger partial charge in [0.05, 0.1) is 25.9 Å². The number of hydrogen-bond donors (Lipinski definition) is 1. The van der Waals surface area contributed by atoms with Crippen LogP contribution < -0.4 is 10.1 Å². The van der Waals surface area contributed by atoms with Crippen LogP contribution in [0, 0.1) is 0 Å². The Morgan fingerprint density at radius 2 is 1.81 bits per heavy atom. The number of amides is 1. The summed E-state index contributed by atoms with van der Waals surface area (Å²) < 4.78 is 11.0. The van der Waals surface area contributed by atoms with Crippen LogP contribution >= 0.6 is 0 Å². The molecule has 1 N–H and O–H groups in total. The Morgan fingerprint density at radius 3 is 2.48 bits per heavy atom. The van der Waals surface area contributed by atoms with Crippen molar-refractivity contribution in [1.82, 2.24) is 10.2 Å². The smallest absolute Gasteiger partial charge is 0.251 e. The predicted molar refractivity (Wildman–Crippen MR) is 106 cm³/mol. The van der Waals surface area contributed by atoms with Gasteiger partial charge in [-0.1, -0.05) is 37.3 Å². The Morgan fingerprint density at radius 1 is 1.11 bits per heavy atom. The molecule has 1 heterocycles. The molecule has 2 aromatic carbocycles. The molecule has 1 amide bonds. The summed E-state index contributed by atoms with van der Waals surface area (Å²) in [6.07, 6.45) is 0.961. The van der Waals surface area contributed by atoms with Gasteiger partial charge >= 0.3 is 0 Å². The molecule has 1 aliphatic heterocycles. The molecule has 0 aliphatic carbocycles. The molecule has 0 spiro atoms. The molecule has 0 radical (unpaired) electrons. The fraction of sp³-hybridized carbons (Fsp3) is 0.409. The Bertz CT molecular complexity index is 697. The van der Waals surface area contributed by atoms with E-state index in [1.807, 2.05) is 42.5 Å². The van der Waals surface area contributed by atoms with Crippen molar-refractivity contribution < 1.29 is 14.3 Å². The van der Waals surface area contributed by atoms with Crippen molar-refractivity contribution in [3.05, 3.63) is 65.7 Å². The lowest BCUT2D eigenvalue weighted by molar-refractivity contribution is 0.0332. The van der Waals surface area contributed by atoms with E-state index >= 15 is 0 Å². The number of nitrogens with zero attached hydrogens (tertiary/aromatic N) is 1. The lowest BCUT2D eigenvalue weighted by Gasteiger charge is -2.31. The van der Waals surface area contributed by atoms with E-state index in [0.29, 0.717) is 12.2 Å². The second-order valence-electron chi connectivity index (χ2n) is 6.72. The third-order valence-electron chi connectivity index (χ3n) is 4.64. The highest BCUT2D eigenvalue weighted by atomic mass is 16.5. The van der Waals surface area contributed by atoms with Crippen LogP contribution in [0.25, 0.3) is 0 Å². The first kappa shape index (κ1) is 19.4. The molecule has 1 aliphatic rings. The minimum atomic E-state index is -0.0702. The fourth-order valence-corrected chi connectivity index (χ4v) is 3.13. The van der Waals surface area contributed by atoms with Crippen LogP contribution in [-0.4, -0.2) is 50.3 Å². The van der Waals surface area contributed by atoms with Gasteiger partial charge in [0.25, 0.3) is 5.91 Å². The number of carbonyl (C=O) groups excluding carboxylic acids is 1. The summed E-state index contributed by atoms with van der Waals surface area (Å²) in [5.41, 5.74) is 1.75. The average molecular weight is 368 g/mol. The third-order valence-corrected chi connectivity index (χ3v) is 4.64. The Labute approximate surface area is 161 Å². The zero-order chi connectivity index (χ0) is 18.9. The normalized spacial score (nSPS) is 15.9. The van der Waals surface area contributed by atoms with Crippen LogP contribution in [0.3, 0.4) is 0 Å². The first-order valence-corrected chi connectivity index (χ1v) is 9.65. The summed E-state index contributed by atoms with van der Waals surface area (Å²) in [7, 11) is 0. The van der Waals surface area contributed by atoms with Crippen LogP contribution in [-0.2, 0) is 4.74 Å². The van der Waals surface area contributed by atoms with Crippen molar-refractivity contribution in [2.45, 2.75) is 19.4 Å². The topological polar surface area (TPSA) is 50.8 Å².